The minimum atomic E-state index is -0.893. The van der Waals surface area contributed by atoms with Gasteiger partial charge in [0.05, 0.1) is 6.21 Å². The molecule has 0 aliphatic heterocycles. The fraction of sp³-hybridized carbons (Fsp3) is 0.0435. The number of carbonyl (C=O) groups excluding carboxylic acids is 3. The molecule has 0 aliphatic rings. The van der Waals surface area contributed by atoms with Crippen molar-refractivity contribution in [2.24, 2.45) is 5.10 Å². The third-order valence-electron chi connectivity index (χ3n) is 3.98. The molecule has 0 aromatic heterocycles. The van der Waals surface area contributed by atoms with Crippen LogP contribution in [0.1, 0.15) is 5.56 Å². The van der Waals surface area contributed by atoms with Crippen LogP contribution in [0.2, 0.25) is 5.02 Å². The van der Waals surface area contributed by atoms with Crippen LogP contribution in [0.25, 0.3) is 0 Å². The number of nitrogens with one attached hydrogen (secondary N) is 3. The van der Waals surface area contributed by atoms with Crippen LogP contribution in [0.3, 0.4) is 0 Å². The quantitative estimate of drug-likeness (QED) is 0.291. The first-order valence-corrected chi connectivity index (χ1v) is 9.85. The zero-order chi connectivity index (χ0) is 22.8. The minimum absolute atomic E-state index is 0.174. The Morgan fingerprint density at radius 1 is 0.844 bits per heavy atom. The Morgan fingerprint density at radius 3 is 2.28 bits per heavy atom. The maximum atomic E-state index is 12.0. The molecule has 0 atom stereocenters. The molecule has 0 fully saturated rings. The molecule has 3 aromatic carbocycles. The number of hydrogen-bond donors (Lipinski definition) is 3. The molecular weight excluding hydrogens is 432 g/mol. The summed E-state index contributed by atoms with van der Waals surface area (Å²) in [6, 6.07) is 22.1. The molecule has 0 spiro atoms. The Kier molecular flexibility index (Phi) is 7.94. The molecule has 0 saturated carbocycles. The maximum Gasteiger partial charge on any atom is 0.329 e. The average Bonchev–Trinajstić information content (AvgIpc) is 2.79. The van der Waals surface area contributed by atoms with E-state index in [4.69, 9.17) is 16.3 Å². The Labute approximate surface area is 189 Å². The molecule has 0 radical (unpaired) electrons. The maximum absolute atomic E-state index is 12.0. The van der Waals surface area contributed by atoms with Crippen molar-refractivity contribution < 1.29 is 19.1 Å². The van der Waals surface area contributed by atoms with Gasteiger partial charge < -0.3 is 15.4 Å². The first-order valence-electron chi connectivity index (χ1n) is 9.47. The first kappa shape index (κ1) is 22.5. The molecule has 0 unspecified atom stereocenters. The van der Waals surface area contributed by atoms with Crippen molar-refractivity contribution in [3.05, 3.63) is 89.4 Å². The van der Waals surface area contributed by atoms with E-state index in [0.29, 0.717) is 27.7 Å². The molecule has 3 rings (SSSR count). The molecule has 8 nitrogen and oxygen atoms in total. The lowest BCUT2D eigenvalue weighted by Crippen LogP contribution is -2.32. The van der Waals surface area contributed by atoms with Crippen molar-refractivity contribution in [2.45, 2.75) is 0 Å². The van der Waals surface area contributed by atoms with Crippen molar-refractivity contribution in [1.82, 2.24) is 5.43 Å². The number of halogens is 1. The summed E-state index contributed by atoms with van der Waals surface area (Å²) in [5, 5.41) is 9.43. The first-order chi connectivity index (χ1) is 15.5. The van der Waals surface area contributed by atoms with Crippen LogP contribution in [-0.2, 0) is 14.4 Å². The van der Waals surface area contributed by atoms with Gasteiger partial charge in [0, 0.05) is 16.4 Å². The summed E-state index contributed by atoms with van der Waals surface area (Å²) < 4.78 is 5.44. The van der Waals surface area contributed by atoms with Gasteiger partial charge in [0.25, 0.3) is 5.91 Å². The van der Waals surface area contributed by atoms with Crippen LogP contribution in [0.4, 0.5) is 11.4 Å². The summed E-state index contributed by atoms with van der Waals surface area (Å²) >= 11 is 5.88. The van der Waals surface area contributed by atoms with Crippen LogP contribution in [-0.4, -0.2) is 30.5 Å². The summed E-state index contributed by atoms with van der Waals surface area (Å²) in [5.41, 5.74) is 3.90. The minimum Gasteiger partial charge on any atom is -0.484 e. The van der Waals surface area contributed by atoms with Crippen molar-refractivity contribution >= 4 is 46.9 Å². The zero-order valence-corrected chi connectivity index (χ0v) is 17.5. The highest BCUT2D eigenvalue weighted by molar-refractivity contribution is 6.39. The molecule has 162 valence electrons. The standard InChI is InChI=1S/C23H19ClN4O4/c24-17-5-4-8-19(13-17)26-21(29)15-32-20-11-9-16(10-12-20)14-25-28-23(31)22(30)27-18-6-2-1-3-7-18/h1-14H,15H2,(H,26,29)(H,27,30)(H,28,31)/b25-14-. The topological polar surface area (TPSA) is 109 Å². The van der Waals surface area contributed by atoms with Crippen molar-refractivity contribution in [3.63, 3.8) is 0 Å². The lowest BCUT2D eigenvalue weighted by atomic mass is 10.2. The van der Waals surface area contributed by atoms with Crippen LogP contribution >= 0.6 is 11.6 Å². The lowest BCUT2D eigenvalue weighted by molar-refractivity contribution is -0.136. The molecule has 0 bridgehead atoms. The predicted molar refractivity (Wildman–Crippen MR) is 123 cm³/mol. The fourth-order valence-electron chi connectivity index (χ4n) is 2.49. The molecule has 0 aliphatic carbocycles. The van der Waals surface area contributed by atoms with Gasteiger partial charge in [-0.05, 0) is 60.2 Å². The number of hydrogen-bond acceptors (Lipinski definition) is 5. The van der Waals surface area contributed by atoms with E-state index in [1.165, 1.54) is 6.21 Å². The summed E-state index contributed by atoms with van der Waals surface area (Å²) in [5.74, 6) is -1.56. The summed E-state index contributed by atoms with van der Waals surface area (Å²) in [6.07, 6.45) is 1.38. The van der Waals surface area contributed by atoms with Gasteiger partial charge >= 0.3 is 11.8 Å². The number of amides is 3. The SMILES string of the molecule is O=C(COc1ccc(/C=N\NC(=O)C(=O)Nc2ccccc2)cc1)Nc1cccc(Cl)c1. The Hall–Kier alpha value is -4.17. The van der Waals surface area contributed by atoms with E-state index < -0.39 is 11.8 Å². The number of ether oxygens (including phenoxy) is 1. The van der Waals surface area contributed by atoms with E-state index in [2.05, 4.69) is 21.2 Å². The number of anilines is 2. The lowest BCUT2D eigenvalue weighted by Gasteiger charge is -2.08. The summed E-state index contributed by atoms with van der Waals surface area (Å²) in [6.45, 7) is -0.174. The number of carbonyl (C=O) groups is 3. The third-order valence-corrected chi connectivity index (χ3v) is 4.21. The van der Waals surface area contributed by atoms with E-state index in [-0.39, 0.29) is 12.5 Å². The fourth-order valence-corrected chi connectivity index (χ4v) is 2.68. The van der Waals surface area contributed by atoms with Crippen LogP contribution in [0.5, 0.6) is 5.75 Å². The van der Waals surface area contributed by atoms with E-state index in [1.807, 2.05) is 0 Å². The molecule has 3 N–H and O–H groups in total. The Bertz CT molecular complexity index is 1120. The van der Waals surface area contributed by atoms with Gasteiger partial charge in [-0.3, -0.25) is 14.4 Å². The molecular formula is C23H19ClN4O4. The third kappa shape index (κ3) is 7.26. The van der Waals surface area contributed by atoms with Crippen LogP contribution in [0, 0.1) is 0 Å². The number of nitrogens with zero attached hydrogens (tertiary/aromatic N) is 1. The molecule has 9 heteroatoms. The van der Waals surface area contributed by atoms with Crippen LogP contribution < -0.4 is 20.8 Å². The highest BCUT2D eigenvalue weighted by Gasteiger charge is 2.12. The largest absolute Gasteiger partial charge is 0.484 e. The average molecular weight is 451 g/mol. The zero-order valence-electron chi connectivity index (χ0n) is 16.7. The van der Waals surface area contributed by atoms with Gasteiger partial charge in [-0.25, -0.2) is 5.43 Å². The predicted octanol–water partition coefficient (Wildman–Crippen LogP) is 3.45. The van der Waals surface area contributed by atoms with Gasteiger partial charge in [-0.1, -0.05) is 35.9 Å². The summed E-state index contributed by atoms with van der Waals surface area (Å²) in [4.78, 5) is 35.6. The van der Waals surface area contributed by atoms with Crippen LogP contribution in [0.15, 0.2) is 84.0 Å². The highest BCUT2D eigenvalue weighted by Crippen LogP contribution is 2.15. The van der Waals surface area contributed by atoms with Crippen molar-refractivity contribution in [2.75, 3.05) is 17.2 Å². The second-order valence-electron chi connectivity index (χ2n) is 6.44. The second kappa shape index (κ2) is 11.3. The Morgan fingerprint density at radius 2 is 1.56 bits per heavy atom. The van der Waals surface area contributed by atoms with Gasteiger partial charge in [0.2, 0.25) is 0 Å². The molecule has 0 heterocycles. The highest BCUT2D eigenvalue weighted by atomic mass is 35.5. The van der Waals surface area contributed by atoms with Gasteiger partial charge in [0.1, 0.15) is 5.75 Å². The summed E-state index contributed by atoms with van der Waals surface area (Å²) in [7, 11) is 0. The van der Waals surface area contributed by atoms with E-state index >= 15 is 0 Å². The monoisotopic (exact) mass is 450 g/mol. The molecule has 32 heavy (non-hydrogen) atoms. The number of para-hydroxylation sites is 1. The smallest absolute Gasteiger partial charge is 0.329 e. The normalized spacial score (nSPS) is 10.4. The van der Waals surface area contributed by atoms with Crippen molar-refractivity contribution in [1.29, 1.82) is 0 Å². The van der Waals surface area contributed by atoms with Gasteiger partial charge in [-0.2, -0.15) is 5.10 Å². The Balaban J connectivity index is 1.42. The number of benzene rings is 3. The molecule has 3 amide bonds. The number of hydrazone groups is 1. The van der Waals surface area contributed by atoms with E-state index in [0.717, 1.165) is 0 Å². The molecule has 3 aromatic rings. The van der Waals surface area contributed by atoms with E-state index in [1.54, 1.807) is 78.9 Å². The molecule has 0 saturated heterocycles. The van der Waals surface area contributed by atoms with Gasteiger partial charge in [0.15, 0.2) is 6.61 Å². The number of rotatable bonds is 7. The van der Waals surface area contributed by atoms with Crippen molar-refractivity contribution in [3.8, 4) is 5.75 Å². The van der Waals surface area contributed by atoms with Gasteiger partial charge in [-0.15, -0.1) is 0 Å². The second-order valence-corrected chi connectivity index (χ2v) is 6.87. The van der Waals surface area contributed by atoms with E-state index in [9.17, 15) is 14.4 Å².